The third-order valence-corrected chi connectivity index (χ3v) is 5.83. The van der Waals surface area contributed by atoms with E-state index < -0.39 is 0 Å². The number of nitrogens with zero attached hydrogens (tertiary/aromatic N) is 5. The van der Waals surface area contributed by atoms with Crippen LogP contribution in [0.3, 0.4) is 0 Å². The fraction of sp³-hybridized carbons (Fsp3) is 0.450. The first-order valence-electron chi connectivity index (χ1n) is 9.47. The van der Waals surface area contributed by atoms with Crippen LogP contribution >= 0.6 is 0 Å². The van der Waals surface area contributed by atoms with Crippen LogP contribution in [0.15, 0.2) is 53.6 Å². The summed E-state index contributed by atoms with van der Waals surface area (Å²) < 4.78 is 7.58. The highest BCUT2D eigenvalue weighted by molar-refractivity contribution is 5.24. The molecule has 1 aromatic carbocycles. The summed E-state index contributed by atoms with van der Waals surface area (Å²) in [7, 11) is 0. The molecular formula is C20H23N5O. The largest absolute Gasteiger partial charge is 0.339 e. The summed E-state index contributed by atoms with van der Waals surface area (Å²) >= 11 is 0. The van der Waals surface area contributed by atoms with Crippen LogP contribution in [-0.2, 0) is 13.0 Å². The number of imidazole rings is 1. The van der Waals surface area contributed by atoms with Gasteiger partial charge in [-0.3, -0.25) is 4.90 Å². The second kappa shape index (κ2) is 6.68. The van der Waals surface area contributed by atoms with Gasteiger partial charge in [0, 0.05) is 43.4 Å². The standard InChI is InChI=1S/C20H23N5O/c1-2-5-15(6-3-1)18-13-16(17-7-4-10-25(17)18)20-22-19(26-23-20)8-11-24-12-9-21-14-24/h1-3,5-6,9,12,14,16-18H,4,7-8,10-11,13H2/t16-,17+,18-/m0/s1. The molecule has 2 aliphatic heterocycles. The molecular weight excluding hydrogens is 326 g/mol. The Labute approximate surface area is 152 Å². The zero-order chi connectivity index (χ0) is 17.3. The van der Waals surface area contributed by atoms with Crippen LogP contribution in [0, 0.1) is 0 Å². The van der Waals surface area contributed by atoms with Gasteiger partial charge in [-0.1, -0.05) is 35.5 Å². The Morgan fingerprint density at radius 2 is 2.12 bits per heavy atom. The third kappa shape index (κ3) is 2.84. The molecule has 3 atom stereocenters. The predicted molar refractivity (Wildman–Crippen MR) is 96.5 cm³/mol. The zero-order valence-corrected chi connectivity index (χ0v) is 14.7. The topological polar surface area (TPSA) is 60.0 Å². The molecule has 2 saturated heterocycles. The maximum Gasteiger partial charge on any atom is 0.228 e. The van der Waals surface area contributed by atoms with Crippen molar-refractivity contribution in [1.29, 1.82) is 0 Å². The molecule has 0 spiro atoms. The van der Waals surface area contributed by atoms with Gasteiger partial charge >= 0.3 is 0 Å². The van der Waals surface area contributed by atoms with Crippen molar-refractivity contribution in [3.63, 3.8) is 0 Å². The Balaban J connectivity index is 1.33. The average molecular weight is 349 g/mol. The van der Waals surface area contributed by atoms with Gasteiger partial charge in [-0.25, -0.2) is 4.98 Å². The van der Waals surface area contributed by atoms with Crippen molar-refractivity contribution in [2.45, 2.75) is 50.2 Å². The van der Waals surface area contributed by atoms with Crippen molar-refractivity contribution < 1.29 is 4.52 Å². The van der Waals surface area contributed by atoms with Crippen molar-refractivity contribution in [3.8, 4) is 0 Å². The molecule has 2 fully saturated rings. The van der Waals surface area contributed by atoms with Crippen molar-refractivity contribution in [2.75, 3.05) is 6.54 Å². The fourth-order valence-corrected chi connectivity index (χ4v) is 4.61. The first-order chi connectivity index (χ1) is 12.9. The van der Waals surface area contributed by atoms with Crippen molar-refractivity contribution >= 4 is 0 Å². The summed E-state index contributed by atoms with van der Waals surface area (Å²) in [6.45, 7) is 1.99. The summed E-state index contributed by atoms with van der Waals surface area (Å²) in [5.41, 5.74) is 1.41. The van der Waals surface area contributed by atoms with Crippen LogP contribution in [0.4, 0.5) is 0 Å². The Kier molecular flexibility index (Phi) is 4.05. The van der Waals surface area contributed by atoms with Crippen LogP contribution < -0.4 is 0 Å². The summed E-state index contributed by atoms with van der Waals surface area (Å²) in [5.74, 6) is 1.98. The van der Waals surface area contributed by atoms with Crippen LogP contribution in [0.5, 0.6) is 0 Å². The molecule has 0 bridgehead atoms. The van der Waals surface area contributed by atoms with Crippen LogP contribution in [0.25, 0.3) is 0 Å². The van der Waals surface area contributed by atoms with Crippen molar-refractivity contribution in [1.82, 2.24) is 24.6 Å². The Bertz CT molecular complexity index is 844. The van der Waals surface area contributed by atoms with E-state index in [0.717, 1.165) is 31.1 Å². The first-order valence-corrected chi connectivity index (χ1v) is 9.47. The van der Waals surface area contributed by atoms with E-state index in [-0.39, 0.29) is 0 Å². The number of fused-ring (bicyclic) bond motifs is 1. The van der Waals surface area contributed by atoms with E-state index in [2.05, 4.69) is 45.4 Å². The highest BCUT2D eigenvalue weighted by Crippen LogP contribution is 2.48. The molecule has 0 saturated carbocycles. The molecule has 134 valence electrons. The van der Waals surface area contributed by atoms with Crippen molar-refractivity contribution in [2.24, 2.45) is 0 Å². The zero-order valence-electron chi connectivity index (χ0n) is 14.7. The first kappa shape index (κ1) is 15.8. The van der Waals surface area contributed by atoms with Crippen LogP contribution in [-0.4, -0.2) is 37.2 Å². The number of benzene rings is 1. The number of aromatic nitrogens is 4. The van der Waals surface area contributed by atoms with Gasteiger partial charge in [0.15, 0.2) is 5.82 Å². The van der Waals surface area contributed by atoms with Crippen LogP contribution in [0.2, 0.25) is 0 Å². The molecule has 2 aromatic heterocycles. The lowest BCUT2D eigenvalue weighted by Gasteiger charge is -2.24. The molecule has 0 radical (unpaired) electrons. The number of hydrogen-bond acceptors (Lipinski definition) is 5. The molecule has 0 aliphatic carbocycles. The maximum absolute atomic E-state index is 5.55. The van der Waals surface area contributed by atoms with E-state index in [1.54, 1.807) is 6.20 Å². The lowest BCUT2D eigenvalue weighted by molar-refractivity contribution is 0.243. The quantitative estimate of drug-likeness (QED) is 0.708. The lowest BCUT2D eigenvalue weighted by Crippen LogP contribution is -2.27. The predicted octanol–water partition coefficient (Wildman–Crippen LogP) is 3.20. The molecule has 5 rings (SSSR count). The van der Waals surface area contributed by atoms with Crippen molar-refractivity contribution in [3.05, 3.63) is 66.3 Å². The number of rotatable bonds is 5. The minimum Gasteiger partial charge on any atom is -0.339 e. The highest BCUT2D eigenvalue weighted by atomic mass is 16.5. The molecule has 0 N–H and O–H groups in total. The summed E-state index contributed by atoms with van der Waals surface area (Å²) in [6.07, 6.45) is 9.87. The van der Waals surface area contributed by atoms with E-state index in [1.807, 2.05) is 17.1 Å². The van der Waals surface area contributed by atoms with E-state index >= 15 is 0 Å². The smallest absolute Gasteiger partial charge is 0.228 e. The monoisotopic (exact) mass is 349 g/mol. The molecule has 6 heteroatoms. The Hall–Kier alpha value is -2.47. The van der Waals surface area contributed by atoms with Gasteiger partial charge in [0.1, 0.15) is 0 Å². The summed E-state index contributed by atoms with van der Waals surface area (Å²) in [5, 5.41) is 4.35. The van der Waals surface area contributed by atoms with Gasteiger partial charge in [0.2, 0.25) is 5.89 Å². The average Bonchev–Trinajstić information content (AvgIpc) is 3.44. The molecule has 3 aromatic rings. The van der Waals surface area contributed by atoms with E-state index in [1.165, 1.54) is 24.9 Å². The molecule has 6 nitrogen and oxygen atoms in total. The molecule has 0 unspecified atom stereocenters. The Morgan fingerprint density at radius 3 is 2.96 bits per heavy atom. The lowest BCUT2D eigenvalue weighted by atomic mass is 9.94. The molecule has 0 amide bonds. The van der Waals surface area contributed by atoms with Crippen LogP contribution in [0.1, 0.15) is 48.5 Å². The van der Waals surface area contributed by atoms with Gasteiger partial charge in [-0.2, -0.15) is 4.98 Å². The number of hydrogen-bond donors (Lipinski definition) is 0. The van der Waals surface area contributed by atoms with Gasteiger partial charge in [0.25, 0.3) is 0 Å². The molecule has 26 heavy (non-hydrogen) atoms. The third-order valence-electron chi connectivity index (χ3n) is 5.83. The summed E-state index contributed by atoms with van der Waals surface area (Å²) in [4.78, 5) is 11.5. The fourth-order valence-electron chi connectivity index (χ4n) is 4.61. The van der Waals surface area contributed by atoms with Gasteiger partial charge in [0.05, 0.1) is 6.33 Å². The molecule has 4 heterocycles. The van der Waals surface area contributed by atoms with Gasteiger partial charge < -0.3 is 9.09 Å². The summed E-state index contributed by atoms with van der Waals surface area (Å²) in [6, 6.07) is 11.9. The normalized spacial score (nSPS) is 25.6. The second-order valence-electron chi connectivity index (χ2n) is 7.31. The number of aryl methyl sites for hydroxylation is 2. The van der Waals surface area contributed by atoms with E-state index in [9.17, 15) is 0 Å². The Morgan fingerprint density at radius 1 is 1.19 bits per heavy atom. The minimum absolute atomic E-state index is 0.369. The SMILES string of the molecule is c1ccc([C@@H]2C[C@H](c3noc(CCn4ccnc4)n3)[C@H]3CCCN32)cc1. The highest BCUT2D eigenvalue weighted by Gasteiger charge is 2.46. The second-order valence-corrected chi connectivity index (χ2v) is 7.31. The minimum atomic E-state index is 0.369. The maximum atomic E-state index is 5.55. The van der Waals surface area contributed by atoms with Gasteiger partial charge in [-0.05, 0) is 31.4 Å². The van der Waals surface area contributed by atoms with Gasteiger partial charge in [-0.15, -0.1) is 0 Å². The van der Waals surface area contributed by atoms with E-state index in [0.29, 0.717) is 18.0 Å². The molecule has 2 aliphatic rings. The van der Waals surface area contributed by atoms with E-state index in [4.69, 9.17) is 9.51 Å².